The molecule has 122 valence electrons. The van der Waals surface area contributed by atoms with Crippen LogP contribution < -0.4 is 5.73 Å². The van der Waals surface area contributed by atoms with E-state index in [-0.39, 0.29) is 0 Å². The minimum atomic E-state index is 0.636. The normalized spacial score (nSPS) is 13.3. The van der Waals surface area contributed by atoms with Crippen molar-refractivity contribution in [2.45, 2.75) is 40.5 Å². The maximum atomic E-state index is 5.88. The van der Waals surface area contributed by atoms with Crippen molar-refractivity contribution in [2.24, 2.45) is 17.6 Å². The lowest BCUT2D eigenvalue weighted by atomic mass is 9.94. The summed E-state index contributed by atoms with van der Waals surface area (Å²) in [5.74, 6) is 1.36. The Balaban J connectivity index is 4.02. The van der Waals surface area contributed by atoms with Gasteiger partial charge in [0, 0.05) is 26.3 Å². The van der Waals surface area contributed by atoms with E-state index in [1.165, 1.54) is 12.8 Å². The van der Waals surface area contributed by atoms with Gasteiger partial charge in [0.1, 0.15) is 0 Å². The fourth-order valence-corrected chi connectivity index (χ4v) is 2.38. The fraction of sp³-hybridized carbons (Fsp3) is 1.00. The quantitative estimate of drug-likeness (QED) is 0.499. The summed E-state index contributed by atoms with van der Waals surface area (Å²) >= 11 is 0. The van der Waals surface area contributed by atoms with Crippen LogP contribution in [0.3, 0.4) is 0 Å². The van der Waals surface area contributed by atoms with Gasteiger partial charge in [-0.1, -0.05) is 13.8 Å². The highest BCUT2D eigenvalue weighted by molar-refractivity contribution is 4.66. The maximum absolute atomic E-state index is 5.88. The third-order valence-corrected chi connectivity index (χ3v) is 3.50. The number of rotatable bonds is 14. The zero-order valence-corrected chi connectivity index (χ0v) is 14.1. The van der Waals surface area contributed by atoms with Crippen molar-refractivity contribution in [3.8, 4) is 0 Å². The average molecular weight is 288 g/mol. The predicted molar refractivity (Wildman–Crippen MR) is 86.0 cm³/mol. The molecule has 0 aromatic rings. The van der Waals surface area contributed by atoms with Gasteiger partial charge in [0.15, 0.2) is 0 Å². The van der Waals surface area contributed by atoms with Gasteiger partial charge in [-0.2, -0.15) is 0 Å². The third kappa shape index (κ3) is 11.6. The smallest absolute Gasteiger partial charge is 0.0593 e. The van der Waals surface area contributed by atoms with E-state index in [9.17, 15) is 0 Å². The lowest BCUT2D eigenvalue weighted by Crippen LogP contribution is -2.34. The molecule has 2 N–H and O–H groups in total. The van der Waals surface area contributed by atoms with Gasteiger partial charge < -0.3 is 15.2 Å². The minimum absolute atomic E-state index is 0.636. The Labute approximate surface area is 126 Å². The first-order valence-corrected chi connectivity index (χ1v) is 8.21. The largest absolute Gasteiger partial charge is 0.380 e. The van der Waals surface area contributed by atoms with Crippen LogP contribution >= 0.6 is 0 Å². The average Bonchev–Trinajstić information content (AvgIpc) is 2.42. The van der Waals surface area contributed by atoms with Crippen molar-refractivity contribution in [3.63, 3.8) is 0 Å². The first kappa shape index (κ1) is 19.8. The zero-order valence-electron chi connectivity index (χ0n) is 14.1. The highest BCUT2D eigenvalue weighted by Crippen LogP contribution is 2.14. The standard InChI is InChI=1S/C16H36N2O2/c1-5-19-11-9-18(10-12-20-6-2)8-7-16(14-17)13-15(3)4/h15-16H,5-14,17H2,1-4H3. The van der Waals surface area contributed by atoms with Crippen LogP contribution in [-0.2, 0) is 9.47 Å². The van der Waals surface area contributed by atoms with E-state index in [0.29, 0.717) is 5.92 Å². The number of ether oxygens (including phenoxy) is 2. The molecule has 0 saturated heterocycles. The molecule has 0 saturated carbocycles. The molecule has 20 heavy (non-hydrogen) atoms. The number of hydrogen-bond donors (Lipinski definition) is 1. The van der Waals surface area contributed by atoms with Crippen LogP contribution in [0.1, 0.15) is 40.5 Å². The summed E-state index contributed by atoms with van der Waals surface area (Å²) in [5, 5.41) is 0. The van der Waals surface area contributed by atoms with E-state index >= 15 is 0 Å². The van der Waals surface area contributed by atoms with E-state index in [1.54, 1.807) is 0 Å². The lowest BCUT2D eigenvalue weighted by Gasteiger charge is -2.25. The Kier molecular flexibility index (Phi) is 13.7. The molecular weight excluding hydrogens is 252 g/mol. The van der Waals surface area contributed by atoms with E-state index in [4.69, 9.17) is 15.2 Å². The molecular formula is C16H36N2O2. The highest BCUT2D eigenvalue weighted by Gasteiger charge is 2.12. The van der Waals surface area contributed by atoms with Gasteiger partial charge >= 0.3 is 0 Å². The van der Waals surface area contributed by atoms with Gasteiger partial charge in [0.05, 0.1) is 13.2 Å². The summed E-state index contributed by atoms with van der Waals surface area (Å²) < 4.78 is 10.9. The second-order valence-corrected chi connectivity index (χ2v) is 5.76. The minimum Gasteiger partial charge on any atom is -0.380 e. The summed E-state index contributed by atoms with van der Waals surface area (Å²) in [6.07, 6.45) is 2.40. The maximum Gasteiger partial charge on any atom is 0.0593 e. The molecule has 0 heterocycles. The molecule has 0 radical (unpaired) electrons. The zero-order chi connectivity index (χ0) is 15.2. The summed E-state index contributed by atoms with van der Waals surface area (Å²) in [6, 6.07) is 0. The van der Waals surface area contributed by atoms with Gasteiger partial charge in [-0.05, 0) is 51.6 Å². The summed E-state index contributed by atoms with van der Waals surface area (Å²) in [6.45, 7) is 15.7. The molecule has 0 aromatic carbocycles. The first-order chi connectivity index (χ1) is 9.63. The van der Waals surface area contributed by atoms with Crippen molar-refractivity contribution < 1.29 is 9.47 Å². The summed E-state index contributed by atoms with van der Waals surface area (Å²) in [4.78, 5) is 2.44. The number of nitrogens with two attached hydrogens (primary N) is 1. The van der Waals surface area contributed by atoms with Crippen LogP contribution in [0.25, 0.3) is 0 Å². The van der Waals surface area contributed by atoms with Crippen molar-refractivity contribution in [2.75, 3.05) is 52.6 Å². The van der Waals surface area contributed by atoms with Crippen LogP contribution in [0.4, 0.5) is 0 Å². The summed E-state index contributed by atoms with van der Waals surface area (Å²) in [7, 11) is 0. The van der Waals surface area contributed by atoms with E-state index in [2.05, 4.69) is 18.7 Å². The lowest BCUT2D eigenvalue weighted by molar-refractivity contribution is 0.0798. The van der Waals surface area contributed by atoms with Crippen LogP contribution in [0.2, 0.25) is 0 Å². The van der Waals surface area contributed by atoms with Crippen molar-refractivity contribution in [1.29, 1.82) is 0 Å². The van der Waals surface area contributed by atoms with Crippen LogP contribution in [0.15, 0.2) is 0 Å². The molecule has 1 unspecified atom stereocenters. The molecule has 4 nitrogen and oxygen atoms in total. The SMILES string of the molecule is CCOCCN(CCOCC)CCC(CN)CC(C)C. The van der Waals surface area contributed by atoms with Gasteiger partial charge in [0.2, 0.25) is 0 Å². The summed E-state index contributed by atoms with van der Waals surface area (Å²) in [5.41, 5.74) is 5.88. The van der Waals surface area contributed by atoms with Crippen molar-refractivity contribution in [1.82, 2.24) is 4.90 Å². The van der Waals surface area contributed by atoms with Crippen LogP contribution in [0.5, 0.6) is 0 Å². The molecule has 0 spiro atoms. The van der Waals surface area contributed by atoms with Crippen molar-refractivity contribution in [3.05, 3.63) is 0 Å². The molecule has 0 amide bonds. The van der Waals surface area contributed by atoms with Crippen LogP contribution in [-0.4, -0.2) is 57.5 Å². The predicted octanol–water partition coefficient (Wildman–Crippen LogP) is 2.37. The van der Waals surface area contributed by atoms with Crippen LogP contribution in [0, 0.1) is 11.8 Å². The molecule has 0 aliphatic rings. The number of nitrogens with zero attached hydrogens (tertiary/aromatic N) is 1. The van der Waals surface area contributed by atoms with Crippen molar-refractivity contribution >= 4 is 0 Å². The number of hydrogen-bond acceptors (Lipinski definition) is 4. The Bertz CT molecular complexity index is 191. The van der Waals surface area contributed by atoms with E-state index in [1.807, 2.05) is 13.8 Å². The Morgan fingerprint density at radius 3 is 1.90 bits per heavy atom. The molecule has 1 atom stereocenters. The molecule has 0 fully saturated rings. The van der Waals surface area contributed by atoms with E-state index < -0.39 is 0 Å². The monoisotopic (exact) mass is 288 g/mol. The van der Waals surface area contributed by atoms with Gasteiger partial charge in [-0.25, -0.2) is 0 Å². The molecule has 0 aliphatic heterocycles. The van der Waals surface area contributed by atoms with Gasteiger partial charge in [-0.15, -0.1) is 0 Å². The molecule has 0 rings (SSSR count). The highest BCUT2D eigenvalue weighted by atomic mass is 16.5. The molecule has 0 bridgehead atoms. The molecule has 0 aromatic heterocycles. The Morgan fingerprint density at radius 2 is 1.50 bits per heavy atom. The molecule has 4 heteroatoms. The fourth-order valence-electron chi connectivity index (χ4n) is 2.38. The Hall–Kier alpha value is -0.160. The van der Waals surface area contributed by atoms with Gasteiger partial charge in [-0.3, -0.25) is 4.90 Å². The molecule has 0 aliphatic carbocycles. The first-order valence-electron chi connectivity index (χ1n) is 8.21. The van der Waals surface area contributed by atoms with Gasteiger partial charge in [0.25, 0.3) is 0 Å². The Morgan fingerprint density at radius 1 is 0.950 bits per heavy atom. The third-order valence-electron chi connectivity index (χ3n) is 3.50. The van der Waals surface area contributed by atoms with E-state index in [0.717, 1.165) is 58.5 Å². The second-order valence-electron chi connectivity index (χ2n) is 5.76. The second kappa shape index (κ2) is 13.8. The topological polar surface area (TPSA) is 47.7 Å².